The molecule has 2 saturated heterocycles. The average Bonchev–Trinajstić information content (AvgIpc) is 2.89. The van der Waals surface area contributed by atoms with E-state index in [1.54, 1.807) is 0 Å². The van der Waals surface area contributed by atoms with Crippen molar-refractivity contribution >= 4 is 26.6 Å². The number of hydrogen-bond donors (Lipinski definition) is 0. The van der Waals surface area contributed by atoms with Gasteiger partial charge in [0.2, 0.25) is 0 Å². The molecule has 174 valence electrons. The van der Waals surface area contributed by atoms with E-state index >= 15 is 0 Å². The molecular weight excluding hydrogens is 403 g/mol. The number of rotatable bonds is 6. The second-order valence-electron chi connectivity index (χ2n) is 11.6. The summed E-state index contributed by atoms with van der Waals surface area (Å²) in [6.45, 7) is 26.1. The van der Waals surface area contributed by atoms with Crippen molar-refractivity contribution in [2.75, 3.05) is 44.2 Å². The lowest BCUT2D eigenvalue weighted by atomic mass is 9.79. The van der Waals surface area contributed by atoms with Gasteiger partial charge in [0.25, 0.3) is 0 Å². The average molecular weight is 447 g/mol. The van der Waals surface area contributed by atoms with Gasteiger partial charge in [-0.05, 0) is 63.4 Å². The van der Waals surface area contributed by atoms with Gasteiger partial charge in [-0.15, -0.1) is 0 Å². The van der Waals surface area contributed by atoms with Crippen LogP contribution >= 0.6 is 0 Å². The fraction of sp³-hybridized carbons (Fsp3) is 0.750. The molecule has 0 aliphatic carbocycles. The third-order valence-electron chi connectivity index (χ3n) is 7.83. The van der Waals surface area contributed by atoms with E-state index in [0.717, 1.165) is 44.8 Å². The number of nitrogens with zero attached hydrogens (tertiary/aromatic N) is 2. The third-order valence-corrected chi connectivity index (χ3v) is 12.4. The van der Waals surface area contributed by atoms with Crippen LogP contribution in [0.5, 0.6) is 0 Å². The van der Waals surface area contributed by atoms with Gasteiger partial charge < -0.3 is 18.6 Å². The largest absolute Gasteiger partial charge is 0.494 e. The van der Waals surface area contributed by atoms with Crippen LogP contribution < -0.4 is 10.4 Å². The van der Waals surface area contributed by atoms with Crippen LogP contribution in [0.4, 0.5) is 5.69 Å². The van der Waals surface area contributed by atoms with Crippen LogP contribution in [-0.2, 0) is 13.7 Å². The first-order valence-electron chi connectivity index (χ1n) is 11.8. The van der Waals surface area contributed by atoms with Crippen LogP contribution in [0.2, 0.25) is 18.1 Å². The van der Waals surface area contributed by atoms with Crippen LogP contribution in [-0.4, -0.2) is 70.9 Å². The van der Waals surface area contributed by atoms with Gasteiger partial charge in [-0.25, -0.2) is 0 Å². The number of anilines is 1. The van der Waals surface area contributed by atoms with Crippen molar-refractivity contribution in [1.82, 2.24) is 4.90 Å². The Morgan fingerprint density at radius 1 is 0.935 bits per heavy atom. The van der Waals surface area contributed by atoms with Crippen molar-refractivity contribution in [2.45, 2.75) is 77.8 Å². The fourth-order valence-corrected chi connectivity index (χ4v) is 4.73. The highest BCUT2D eigenvalue weighted by atomic mass is 28.4. The standard InChI is InChI=1S/C24H43BN2O3Si/c1-22(2,3)31(8,9)28-19-18-26-14-16-27(17-15-26)21-12-10-20(11-13-21)25-29-23(4,5)24(6,7)30-25/h10-13H,14-19H2,1-9H3. The van der Waals surface area contributed by atoms with Crippen LogP contribution in [0.1, 0.15) is 48.5 Å². The summed E-state index contributed by atoms with van der Waals surface area (Å²) < 4.78 is 18.7. The molecule has 2 fully saturated rings. The van der Waals surface area contributed by atoms with Crippen molar-refractivity contribution in [3.63, 3.8) is 0 Å². The van der Waals surface area contributed by atoms with Crippen molar-refractivity contribution in [1.29, 1.82) is 0 Å². The molecule has 0 radical (unpaired) electrons. The second kappa shape index (κ2) is 8.82. The molecule has 1 aromatic carbocycles. The SMILES string of the molecule is CC1(C)OB(c2ccc(N3CCN(CCO[Si](C)(C)C(C)(C)C)CC3)cc2)OC1(C)C. The van der Waals surface area contributed by atoms with Crippen LogP contribution in [0.3, 0.4) is 0 Å². The van der Waals surface area contributed by atoms with Crippen molar-refractivity contribution in [2.24, 2.45) is 0 Å². The number of hydrogen-bond acceptors (Lipinski definition) is 5. The Labute approximate surface area is 191 Å². The highest BCUT2D eigenvalue weighted by Crippen LogP contribution is 2.37. The van der Waals surface area contributed by atoms with Crippen molar-refractivity contribution < 1.29 is 13.7 Å². The quantitative estimate of drug-likeness (QED) is 0.614. The van der Waals surface area contributed by atoms with Crippen LogP contribution in [0.15, 0.2) is 24.3 Å². The van der Waals surface area contributed by atoms with Gasteiger partial charge >= 0.3 is 7.12 Å². The van der Waals surface area contributed by atoms with E-state index in [0.29, 0.717) is 0 Å². The van der Waals surface area contributed by atoms with E-state index < -0.39 is 8.32 Å². The van der Waals surface area contributed by atoms with Crippen molar-refractivity contribution in [3.8, 4) is 0 Å². The Bertz CT molecular complexity index is 722. The second-order valence-corrected chi connectivity index (χ2v) is 16.4. The third kappa shape index (κ3) is 5.56. The van der Waals surface area contributed by atoms with E-state index in [4.69, 9.17) is 13.7 Å². The predicted octanol–water partition coefficient (Wildman–Crippen LogP) is 4.13. The normalized spacial score (nSPS) is 22.2. The number of piperazine rings is 1. The molecule has 0 saturated carbocycles. The van der Waals surface area contributed by atoms with Gasteiger partial charge in [0, 0.05) is 45.0 Å². The van der Waals surface area contributed by atoms with E-state index in [1.165, 1.54) is 5.69 Å². The Balaban J connectivity index is 1.47. The highest BCUT2D eigenvalue weighted by molar-refractivity contribution is 6.74. The summed E-state index contributed by atoms with van der Waals surface area (Å²) in [4.78, 5) is 5.00. The first-order valence-corrected chi connectivity index (χ1v) is 14.7. The summed E-state index contributed by atoms with van der Waals surface area (Å²) in [6, 6.07) is 8.71. The smallest absolute Gasteiger partial charge is 0.416 e. The molecule has 5 nitrogen and oxygen atoms in total. The molecule has 1 aromatic rings. The Hall–Kier alpha value is -0.858. The molecule has 0 N–H and O–H groups in total. The Morgan fingerprint density at radius 3 is 1.94 bits per heavy atom. The topological polar surface area (TPSA) is 34.2 Å². The summed E-state index contributed by atoms with van der Waals surface area (Å²) >= 11 is 0. The van der Waals surface area contributed by atoms with E-state index in [2.05, 4.69) is 95.6 Å². The molecule has 0 amide bonds. The fourth-order valence-electron chi connectivity index (χ4n) is 3.70. The van der Waals surface area contributed by atoms with E-state index in [9.17, 15) is 0 Å². The first-order chi connectivity index (χ1) is 14.2. The summed E-state index contributed by atoms with van der Waals surface area (Å²) in [5.74, 6) is 0. The molecule has 0 atom stereocenters. The van der Waals surface area contributed by atoms with Gasteiger partial charge in [0.05, 0.1) is 11.2 Å². The Kier molecular flexibility index (Phi) is 7.05. The zero-order chi connectivity index (χ0) is 23.1. The van der Waals surface area contributed by atoms with Gasteiger partial charge in [-0.2, -0.15) is 0 Å². The van der Waals surface area contributed by atoms with Gasteiger partial charge in [0.1, 0.15) is 0 Å². The lowest BCUT2D eigenvalue weighted by Crippen LogP contribution is -2.49. The summed E-state index contributed by atoms with van der Waals surface area (Å²) in [7, 11) is -1.94. The van der Waals surface area contributed by atoms with Crippen LogP contribution in [0.25, 0.3) is 0 Å². The maximum Gasteiger partial charge on any atom is 0.494 e. The molecule has 31 heavy (non-hydrogen) atoms. The first kappa shape index (κ1) is 24.8. The van der Waals surface area contributed by atoms with Crippen molar-refractivity contribution in [3.05, 3.63) is 24.3 Å². The minimum Gasteiger partial charge on any atom is -0.416 e. The summed E-state index contributed by atoms with van der Waals surface area (Å²) in [5.41, 5.74) is 1.75. The molecule has 2 heterocycles. The molecule has 0 unspecified atom stereocenters. The minimum atomic E-state index is -1.65. The zero-order valence-electron chi connectivity index (χ0n) is 21.2. The lowest BCUT2D eigenvalue weighted by Gasteiger charge is -2.39. The minimum absolute atomic E-state index is 0.276. The molecule has 0 aromatic heterocycles. The van der Waals surface area contributed by atoms with Crippen LogP contribution in [0, 0.1) is 0 Å². The monoisotopic (exact) mass is 446 g/mol. The molecular formula is C24H43BN2O3Si. The molecule has 0 spiro atoms. The van der Waals surface area contributed by atoms with Gasteiger partial charge in [0.15, 0.2) is 8.32 Å². The summed E-state index contributed by atoms with van der Waals surface area (Å²) in [5, 5.41) is 0.276. The summed E-state index contributed by atoms with van der Waals surface area (Å²) in [6.07, 6.45) is 0. The molecule has 0 bridgehead atoms. The predicted molar refractivity (Wildman–Crippen MR) is 134 cm³/mol. The molecule has 3 rings (SSSR count). The van der Waals surface area contributed by atoms with Gasteiger partial charge in [-0.1, -0.05) is 32.9 Å². The van der Waals surface area contributed by atoms with Gasteiger partial charge in [-0.3, -0.25) is 4.90 Å². The van der Waals surface area contributed by atoms with E-state index in [-0.39, 0.29) is 23.4 Å². The number of benzene rings is 1. The molecule has 2 aliphatic heterocycles. The molecule has 7 heteroatoms. The molecule has 2 aliphatic rings. The zero-order valence-corrected chi connectivity index (χ0v) is 22.2. The maximum atomic E-state index is 6.36. The highest BCUT2D eigenvalue weighted by Gasteiger charge is 2.51. The maximum absolute atomic E-state index is 6.36. The van der Waals surface area contributed by atoms with E-state index in [1.807, 2.05) is 0 Å². The lowest BCUT2D eigenvalue weighted by molar-refractivity contribution is 0.00578. The Morgan fingerprint density at radius 2 is 1.45 bits per heavy atom.